The minimum atomic E-state index is -0.535. The van der Waals surface area contributed by atoms with E-state index >= 15 is 0 Å². The molecule has 0 aromatic carbocycles. The molecule has 2 aromatic heterocycles. The number of hydrogen-bond donors (Lipinski definition) is 1. The molecule has 3 rings (SSSR count). The van der Waals surface area contributed by atoms with Crippen molar-refractivity contribution in [3.05, 3.63) is 33.7 Å². The predicted octanol–water partition coefficient (Wildman–Crippen LogP) is 1.50. The van der Waals surface area contributed by atoms with Crippen LogP contribution in [-0.4, -0.2) is 27.8 Å². The molecule has 24 heavy (non-hydrogen) atoms. The van der Waals surface area contributed by atoms with E-state index in [1.807, 2.05) is 0 Å². The van der Waals surface area contributed by atoms with Gasteiger partial charge in [0.05, 0.1) is 5.69 Å². The molecule has 2 heterocycles. The van der Waals surface area contributed by atoms with Crippen molar-refractivity contribution < 1.29 is 14.3 Å². The molecule has 1 N–H and O–H groups in total. The van der Waals surface area contributed by atoms with Crippen molar-refractivity contribution in [1.29, 1.82) is 0 Å². The molecule has 0 spiro atoms. The third kappa shape index (κ3) is 4.00. The number of aromatic nitrogens is 2. The molecule has 0 atom stereocenters. The van der Waals surface area contributed by atoms with Gasteiger partial charge in [0.2, 0.25) is 5.91 Å². The number of rotatable bonds is 5. The Hall–Kier alpha value is -2.22. The quantitative estimate of drug-likeness (QED) is 0.826. The maximum atomic E-state index is 12.0. The number of carbonyl (C=O) groups excluding carboxylic acids is 2. The molecule has 1 saturated carbocycles. The molecular weight excluding hydrogens is 330 g/mol. The largest absolute Gasteiger partial charge is 0.458 e. The zero-order chi connectivity index (χ0) is 16.9. The van der Waals surface area contributed by atoms with Crippen LogP contribution in [0, 0.1) is 5.92 Å². The maximum Gasteiger partial charge on any atom is 0.325 e. The second kappa shape index (κ2) is 7.57. The molecule has 1 aliphatic rings. The van der Waals surface area contributed by atoms with Crippen LogP contribution >= 0.6 is 11.3 Å². The van der Waals surface area contributed by atoms with Gasteiger partial charge < -0.3 is 10.1 Å². The van der Waals surface area contributed by atoms with Gasteiger partial charge in [-0.3, -0.25) is 18.8 Å². The Balaban J connectivity index is 1.47. The fourth-order valence-electron chi connectivity index (χ4n) is 2.84. The third-order valence-electron chi connectivity index (χ3n) is 4.12. The van der Waals surface area contributed by atoms with Crippen molar-refractivity contribution in [2.75, 3.05) is 6.54 Å². The summed E-state index contributed by atoms with van der Waals surface area (Å²) in [5.74, 6) is -0.607. The first kappa shape index (κ1) is 16.6. The Kier molecular flexibility index (Phi) is 5.24. The first-order valence-corrected chi connectivity index (χ1v) is 8.90. The van der Waals surface area contributed by atoms with E-state index in [-0.39, 0.29) is 30.5 Å². The molecule has 1 fully saturated rings. The summed E-state index contributed by atoms with van der Waals surface area (Å²) in [7, 11) is 0. The topological polar surface area (TPSA) is 89.8 Å². The zero-order valence-electron chi connectivity index (χ0n) is 13.2. The minimum Gasteiger partial charge on any atom is -0.458 e. The summed E-state index contributed by atoms with van der Waals surface area (Å²) in [6, 6.07) is 1.34. The lowest BCUT2D eigenvalue weighted by Crippen LogP contribution is -2.36. The number of carbonyl (C=O) groups is 2. The number of nitrogens with zero attached hydrogens (tertiary/aromatic N) is 2. The van der Waals surface area contributed by atoms with Crippen LogP contribution in [0.4, 0.5) is 0 Å². The summed E-state index contributed by atoms with van der Waals surface area (Å²) in [4.78, 5) is 40.4. The fourth-order valence-corrected chi connectivity index (χ4v) is 3.57. The average molecular weight is 349 g/mol. The van der Waals surface area contributed by atoms with Crippen molar-refractivity contribution in [3.8, 4) is 0 Å². The first-order chi connectivity index (χ1) is 11.6. The Morgan fingerprint density at radius 2 is 2.12 bits per heavy atom. The molecule has 0 bridgehead atoms. The number of thiazole rings is 1. The van der Waals surface area contributed by atoms with E-state index in [1.165, 1.54) is 28.2 Å². The summed E-state index contributed by atoms with van der Waals surface area (Å²) in [5, 5.41) is 4.39. The van der Waals surface area contributed by atoms with Gasteiger partial charge in [0, 0.05) is 23.6 Å². The van der Waals surface area contributed by atoms with Crippen LogP contribution in [0.1, 0.15) is 37.8 Å². The van der Waals surface area contributed by atoms with Gasteiger partial charge in [-0.1, -0.05) is 19.3 Å². The second-order valence-electron chi connectivity index (χ2n) is 5.85. The SMILES string of the molecule is O=C(CNC(=O)C1CCCCC1)OCc1cc(=O)n2ccsc2n1. The van der Waals surface area contributed by atoms with Crippen LogP contribution in [0.25, 0.3) is 4.96 Å². The smallest absolute Gasteiger partial charge is 0.325 e. The van der Waals surface area contributed by atoms with E-state index in [0.717, 1.165) is 25.7 Å². The minimum absolute atomic E-state index is 0.00880. The number of fused-ring (bicyclic) bond motifs is 1. The molecule has 2 aromatic rings. The van der Waals surface area contributed by atoms with Crippen LogP contribution in [-0.2, 0) is 20.9 Å². The van der Waals surface area contributed by atoms with Gasteiger partial charge in [-0.2, -0.15) is 0 Å². The Morgan fingerprint density at radius 3 is 2.92 bits per heavy atom. The van der Waals surface area contributed by atoms with Crippen molar-refractivity contribution in [2.24, 2.45) is 5.92 Å². The summed E-state index contributed by atoms with van der Waals surface area (Å²) in [5.41, 5.74) is 0.187. The molecule has 8 heteroatoms. The Bertz CT molecular complexity index is 792. The standard InChI is InChI=1S/C16H19N3O4S/c20-13-8-12(18-16-19(13)6-7-24-16)10-23-14(21)9-17-15(22)11-4-2-1-3-5-11/h6-8,11H,1-5,9-10H2,(H,17,22). The summed E-state index contributed by atoms with van der Waals surface area (Å²) in [6.45, 7) is -0.239. The van der Waals surface area contributed by atoms with E-state index in [2.05, 4.69) is 10.3 Å². The maximum absolute atomic E-state index is 12.0. The van der Waals surface area contributed by atoms with E-state index in [4.69, 9.17) is 4.74 Å². The lowest BCUT2D eigenvalue weighted by molar-refractivity contribution is -0.145. The number of amides is 1. The molecule has 0 saturated heterocycles. The van der Waals surface area contributed by atoms with Crippen molar-refractivity contribution in [2.45, 2.75) is 38.7 Å². The van der Waals surface area contributed by atoms with E-state index in [0.29, 0.717) is 10.7 Å². The fraction of sp³-hybridized carbons (Fsp3) is 0.500. The van der Waals surface area contributed by atoms with Crippen LogP contribution in [0.2, 0.25) is 0 Å². The third-order valence-corrected chi connectivity index (χ3v) is 4.88. The van der Waals surface area contributed by atoms with Crippen LogP contribution in [0.5, 0.6) is 0 Å². The summed E-state index contributed by atoms with van der Waals surface area (Å²) < 4.78 is 6.52. The molecule has 1 amide bonds. The molecule has 7 nitrogen and oxygen atoms in total. The monoisotopic (exact) mass is 349 g/mol. The molecule has 128 valence electrons. The first-order valence-electron chi connectivity index (χ1n) is 8.02. The molecule has 0 radical (unpaired) electrons. The summed E-state index contributed by atoms with van der Waals surface area (Å²) >= 11 is 1.33. The zero-order valence-corrected chi connectivity index (χ0v) is 14.0. The highest BCUT2D eigenvalue weighted by molar-refractivity contribution is 7.15. The van der Waals surface area contributed by atoms with Crippen molar-refractivity contribution in [1.82, 2.24) is 14.7 Å². The lowest BCUT2D eigenvalue weighted by Gasteiger charge is -2.20. The van der Waals surface area contributed by atoms with Gasteiger partial charge in [0.1, 0.15) is 13.2 Å². The van der Waals surface area contributed by atoms with Gasteiger partial charge in [0.15, 0.2) is 4.96 Å². The number of nitrogens with one attached hydrogen (secondary N) is 1. The summed E-state index contributed by atoms with van der Waals surface area (Å²) in [6.07, 6.45) is 6.72. The van der Waals surface area contributed by atoms with Gasteiger partial charge in [-0.15, -0.1) is 11.3 Å². The van der Waals surface area contributed by atoms with Gasteiger partial charge in [0.25, 0.3) is 5.56 Å². The highest BCUT2D eigenvalue weighted by Gasteiger charge is 2.21. The van der Waals surface area contributed by atoms with Crippen molar-refractivity contribution in [3.63, 3.8) is 0 Å². The molecule has 0 unspecified atom stereocenters. The van der Waals surface area contributed by atoms with Crippen LogP contribution in [0.15, 0.2) is 22.4 Å². The van der Waals surface area contributed by atoms with E-state index < -0.39 is 5.97 Å². The molecule has 0 aliphatic heterocycles. The van der Waals surface area contributed by atoms with Gasteiger partial charge >= 0.3 is 5.97 Å². The van der Waals surface area contributed by atoms with E-state index in [1.54, 1.807) is 11.6 Å². The Morgan fingerprint density at radius 1 is 1.33 bits per heavy atom. The average Bonchev–Trinajstić information content (AvgIpc) is 3.08. The highest BCUT2D eigenvalue weighted by atomic mass is 32.1. The number of hydrogen-bond acceptors (Lipinski definition) is 6. The molecule has 1 aliphatic carbocycles. The number of esters is 1. The normalized spacial score (nSPS) is 15.3. The van der Waals surface area contributed by atoms with Gasteiger partial charge in [-0.25, -0.2) is 4.98 Å². The van der Waals surface area contributed by atoms with Gasteiger partial charge in [-0.05, 0) is 12.8 Å². The van der Waals surface area contributed by atoms with E-state index in [9.17, 15) is 14.4 Å². The predicted molar refractivity (Wildman–Crippen MR) is 88.7 cm³/mol. The Labute approximate surface area is 142 Å². The highest BCUT2D eigenvalue weighted by Crippen LogP contribution is 2.23. The van der Waals surface area contributed by atoms with Crippen LogP contribution in [0.3, 0.4) is 0 Å². The van der Waals surface area contributed by atoms with Crippen LogP contribution < -0.4 is 10.9 Å². The second-order valence-corrected chi connectivity index (χ2v) is 6.73. The van der Waals surface area contributed by atoms with Crippen molar-refractivity contribution >= 4 is 28.2 Å². The molecular formula is C16H19N3O4S. The lowest BCUT2D eigenvalue weighted by atomic mass is 9.89. The number of ether oxygens (including phenoxy) is 1.